The molecule has 0 aliphatic heterocycles. The first-order valence-electron chi connectivity index (χ1n) is 14.4. The zero-order valence-electron chi connectivity index (χ0n) is 24.5. The lowest BCUT2D eigenvalue weighted by molar-refractivity contribution is -0.113. The number of carbonyl (C=O) groups is 3. The molecule has 5 aromatic carbocycles. The molecule has 0 radical (unpaired) electrons. The second kappa shape index (κ2) is 13.7. The highest BCUT2D eigenvalue weighted by molar-refractivity contribution is 8.00. The molecule has 0 saturated carbocycles. The van der Waals surface area contributed by atoms with E-state index in [0.29, 0.717) is 26.9 Å². The molecule has 6 nitrogen and oxygen atoms in total. The van der Waals surface area contributed by atoms with Gasteiger partial charge in [0.1, 0.15) is 5.70 Å². The molecule has 0 spiro atoms. The van der Waals surface area contributed by atoms with Crippen molar-refractivity contribution < 1.29 is 14.4 Å². The minimum absolute atomic E-state index is 0.0446. The highest BCUT2D eigenvalue weighted by Crippen LogP contribution is 2.33. The highest BCUT2D eigenvalue weighted by Gasteiger charge is 2.22. The maximum absolute atomic E-state index is 13.8. The lowest BCUT2D eigenvalue weighted by Crippen LogP contribution is -2.30. The quantitative estimate of drug-likeness (QED) is 0.126. The number of fused-ring (bicyclic) bond motifs is 3. The summed E-state index contributed by atoms with van der Waals surface area (Å²) in [7, 11) is 0. The highest BCUT2D eigenvalue weighted by atomic mass is 35.5. The van der Waals surface area contributed by atoms with Crippen LogP contribution in [-0.2, 0) is 4.79 Å². The average Bonchev–Trinajstić information content (AvgIpc) is 3.40. The lowest BCUT2D eigenvalue weighted by atomic mass is 10.1. The van der Waals surface area contributed by atoms with Gasteiger partial charge in [-0.25, -0.2) is 0 Å². The van der Waals surface area contributed by atoms with Crippen LogP contribution in [0.2, 0.25) is 10.0 Å². The number of benzene rings is 5. The summed E-state index contributed by atoms with van der Waals surface area (Å²) in [6.07, 6.45) is 1.45. The largest absolute Gasteiger partial charge is 0.321 e. The van der Waals surface area contributed by atoms with Crippen LogP contribution in [0, 0.1) is 0 Å². The molecule has 1 heterocycles. The predicted molar refractivity (Wildman–Crippen MR) is 189 cm³/mol. The first-order valence-corrected chi connectivity index (χ1v) is 16.1. The first-order chi connectivity index (χ1) is 22.3. The lowest BCUT2D eigenvalue weighted by Gasteiger charge is -2.15. The summed E-state index contributed by atoms with van der Waals surface area (Å²) in [4.78, 5) is 41.3. The van der Waals surface area contributed by atoms with Crippen molar-refractivity contribution in [1.29, 1.82) is 0 Å². The molecule has 2 N–H and O–H groups in total. The molecule has 0 aliphatic rings. The number of rotatable bonds is 8. The van der Waals surface area contributed by atoms with Crippen molar-refractivity contribution in [2.45, 2.75) is 17.1 Å². The van der Waals surface area contributed by atoms with Gasteiger partial charge in [0.15, 0.2) is 0 Å². The van der Waals surface area contributed by atoms with Gasteiger partial charge in [-0.2, -0.15) is 0 Å². The summed E-state index contributed by atoms with van der Waals surface area (Å²) in [6, 6.07) is 36.5. The van der Waals surface area contributed by atoms with Crippen molar-refractivity contribution >= 4 is 86.3 Å². The van der Waals surface area contributed by atoms with E-state index in [2.05, 4.69) is 10.6 Å². The third kappa shape index (κ3) is 6.58. The van der Waals surface area contributed by atoms with Gasteiger partial charge in [0, 0.05) is 42.5 Å². The van der Waals surface area contributed by atoms with Crippen LogP contribution in [0.1, 0.15) is 27.6 Å². The molecule has 9 heteroatoms. The minimum atomic E-state index is -0.572. The number of thioether (sulfide) groups is 1. The Morgan fingerprint density at radius 1 is 0.739 bits per heavy atom. The Hall–Kier alpha value is -4.82. The number of nitrogens with zero attached hydrogens (tertiary/aromatic N) is 1. The molecule has 1 unspecified atom stereocenters. The smallest absolute Gasteiger partial charge is 0.272 e. The Labute approximate surface area is 280 Å². The molecule has 46 heavy (non-hydrogen) atoms. The van der Waals surface area contributed by atoms with Gasteiger partial charge in [-0.05, 0) is 67.6 Å². The minimum Gasteiger partial charge on any atom is -0.321 e. The van der Waals surface area contributed by atoms with Crippen molar-refractivity contribution in [1.82, 2.24) is 9.88 Å². The van der Waals surface area contributed by atoms with E-state index in [-0.39, 0.29) is 11.6 Å². The van der Waals surface area contributed by atoms with Crippen molar-refractivity contribution in [2.24, 2.45) is 0 Å². The number of halogens is 2. The topological polar surface area (TPSA) is 80.2 Å². The third-order valence-electron chi connectivity index (χ3n) is 7.37. The standard InChI is InChI=1S/C37H27Cl2N3O3S/c1-23(37(45)42-33-19-7-5-15-27(33)28-16-6-8-20-34(28)42)46-26-14-9-13-25(21-26)40-36(44)32(22-29-30(38)17-10-18-31(29)39)41-35(43)24-11-3-2-4-12-24/h2-23H,1H3,(H,40,44)(H,41,43)/b32-22+. The number of anilines is 1. The molecule has 1 aromatic heterocycles. The van der Waals surface area contributed by atoms with Crippen molar-refractivity contribution in [3.63, 3.8) is 0 Å². The Morgan fingerprint density at radius 3 is 1.98 bits per heavy atom. The number of amides is 2. The molecule has 6 aromatic rings. The Kier molecular flexibility index (Phi) is 9.26. The van der Waals surface area contributed by atoms with Gasteiger partial charge in [-0.15, -0.1) is 11.8 Å². The molecule has 2 amide bonds. The molecule has 0 saturated heterocycles. The maximum atomic E-state index is 13.8. The first kappa shape index (κ1) is 31.2. The second-order valence-electron chi connectivity index (χ2n) is 10.5. The van der Waals surface area contributed by atoms with E-state index in [0.717, 1.165) is 26.7 Å². The van der Waals surface area contributed by atoms with Crippen molar-refractivity contribution in [3.8, 4) is 0 Å². The Morgan fingerprint density at radius 2 is 1.33 bits per heavy atom. The van der Waals surface area contributed by atoms with E-state index in [1.54, 1.807) is 71.3 Å². The SMILES string of the molecule is CC(Sc1cccc(NC(=O)/C(=C\c2c(Cl)cccc2Cl)NC(=O)c2ccccc2)c1)C(=O)n1c2ccccc2c2ccccc21. The fourth-order valence-electron chi connectivity index (χ4n) is 5.18. The summed E-state index contributed by atoms with van der Waals surface area (Å²) in [5, 5.41) is 7.83. The monoisotopic (exact) mass is 663 g/mol. The summed E-state index contributed by atoms with van der Waals surface area (Å²) in [5.41, 5.74) is 2.93. The molecule has 228 valence electrons. The molecule has 0 bridgehead atoms. The summed E-state index contributed by atoms with van der Waals surface area (Å²) >= 11 is 14.2. The van der Waals surface area contributed by atoms with Crippen LogP contribution in [0.15, 0.2) is 132 Å². The van der Waals surface area contributed by atoms with Crippen molar-refractivity contribution in [3.05, 3.63) is 148 Å². The molecule has 6 rings (SSSR count). The maximum Gasteiger partial charge on any atom is 0.272 e. The van der Waals surface area contributed by atoms with E-state index in [9.17, 15) is 14.4 Å². The van der Waals surface area contributed by atoms with E-state index in [1.807, 2.05) is 61.5 Å². The third-order valence-corrected chi connectivity index (χ3v) is 9.11. The second-order valence-corrected chi connectivity index (χ2v) is 12.7. The average molecular weight is 665 g/mol. The number of nitrogens with one attached hydrogen (secondary N) is 2. The molecule has 0 aliphatic carbocycles. The van der Waals surface area contributed by atoms with E-state index in [1.165, 1.54) is 17.8 Å². The van der Waals surface area contributed by atoms with Crippen LogP contribution in [0.25, 0.3) is 27.9 Å². The van der Waals surface area contributed by atoms with Gasteiger partial charge in [-0.1, -0.05) is 89.9 Å². The summed E-state index contributed by atoms with van der Waals surface area (Å²) in [5.74, 6) is -1.09. The number of carbonyl (C=O) groups excluding carboxylic acids is 3. The zero-order valence-corrected chi connectivity index (χ0v) is 26.9. The van der Waals surface area contributed by atoms with Crippen LogP contribution >= 0.6 is 35.0 Å². The van der Waals surface area contributed by atoms with Crippen LogP contribution in [-0.4, -0.2) is 27.5 Å². The van der Waals surface area contributed by atoms with Gasteiger partial charge in [0.05, 0.1) is 16.3 Å². The number of hydrogen-bond donors (Lipinski definition) is 2. The zero-order chi connectivity index (χ0) is 32.2. The molecule has 1 atom stereocenters. The van der Waals surface area contributed by atoms with Crippen LogP contribution < -0.4 is 10.6 Å². The summed E-state index contributed by atoms with van der Waals surface area (Å²) < 4.78 is 1.78. The van der Waals surface area contributed by atoms with E-state index < -0.39 is 17.1 Å². The predicted octanol–water partition coefficient (Wildman–Crippen LogP) is 9.33. The fourth-order valence-corrected chi connectivity index (χ4v) is 6.65. The Bertz CT molecular complexity index is 2070. The van der Waals surface area contributed by atoms with Gasteiger partial charge in [0.25, 0.3) is 11.8 Å². The molecule has 0 fully saturated rings. The number of hydrogen-bond acceptors (Lipinski definition) is 4. The molecular formula is C37H27Cl2N3O3S. The van der Waals surface area contributed by atoms with E-state index >= 15 is 0 Å². The molecular weight excluding hydrogens is 637 g/mol. The van der Waals surface area contributed by atoms with Crippen LogP contribution in [0.3, 0.4) is 0 Å². The van der Waals surface area contributed by atoms with Gasteiger partial charge in [0.2, 0.25) is 5.91 Å². The van der Waals surface area contributed by atoms with Gasteiger partial charge in [-0.3, -0.25) is 19.0 Å². The van der Waals surface area contributed by atoms with Crippen LogP contribution in [0.4, 0.5) is 5.69 Å². The van der Waals surface area contributed by atoms with Gasteiger partial charge < -0.3 is 10.6 Å². The van der Waals surface area contributed by atoms with Gasteiger partial charge >= 0.3 is 0 Å². The Balaban J connectivity index is 1.24. The number of para-hydroxylation sites is 2. The van der Waals surface area contributed by atoms with E-state index in [4.69, 9.17) is 23.2 Å². The number of aromatic nitrogens is 1. The fraction of sp³-hybridized carbons (Fsp3) is 0.0541. The normalized spacial score (nSPS) is 12.2. The van der Waals surface area contributed by atoms with Crippen molar-refractivity contribution in [2.75, 3.05) is 5.32 Å². The van der Waals surface area contributed by atoms with Crippen LogP contribution in [0.5, 0.6) is 0 Å². The summed E-state index contributed by atoms with van der Waals surface area (Å²) in [6.45, 7) is 1.87.